The largest absolute Gasteiger partial charge is 0.333 e. The van der Waals surface area contributed by atoms with Crippen LogP contribution in [0.4, 0.5) is 11.4 Å². The van der Waals surface area contributed by atoms with Gasteiger partial charge in [0, 0.05) is 31.4 Å². The highest BCUT2D eigenvalue weighted by Crippen LogP contribution is 2.24. The number of rotatable bonds is 6. The van der Waals surface area contributed by atoms with Gasteiger partial charge in [0.15, 0.2) is 0 Å². The Hall–Kier alpha value is -2.83. The minimum Gasteiger partial charge on any atom is -0.333 e. The minimum atomic E-state index is -0.359. The molecule has 0 heterocycles. The number of carbonyl (C=O) groups excluding carboxylic acids is 3. The van der Waals surface area contributed by atoms with Crippen molar-refractivity contribution in [2.75, 3.05) is 24.2 Å². The van der Waals surface area contributed by atoms with Crippen LogP contribution in [0.5, 0.6) is 0 Å². The molecule has 0 unspecified atom stereocenters. The summed E-state index contributed by atoms with van der Waals surface area (Å²) in [6, 6.07) is 11.7. The fourth-order valence-electron chi connectivity index (χ4n) is 2.24. The molecule has 146 valence electrons. The SMILES string of the molecule is CC(=O)Nc1ccc(C=CC(=O)N(C)CC(=O)Nc2ccc(Cl)c(Cl)c2)cc1. The van der Waals surface area contributed by atoms with Gasteiger partial charge in [-0.3, -0.25) is 14.4 Å². The molecule has 0 aliphatic heterocycles. The van der Waals surface area contributed by atoms with Crippen LogP contribution in [0, 0.1) is 0 Å². The number of halogens is 2. The Labute approximate surface area is 173 Å². The molecule has 0 aliphatic carbocycles. The highest BCUT2D eigenvalue weighted by atomic mass is 35.5. The molecule has 6 nitrogen and oxygen atoms in total. The Bertz CT molecular complexity index is 911. The van der Waals surface area contributed by atoms with Crippen LogP contribution >= 0.6 is 23.2 Å². The molecule has 0 radical (unpaired) electrons. The first-order valence-electron chi connectivity index (χ1n) is 8.30. The van der Waals surface area contributed by atoms with Gasteiger partial charge >= 0.3 is 0 Å². The highest BCUT2D eigenvalue weighted by molar-refractivity contribution is 6.42. The van der Waals surface area contributed by atoms with Crippen molar-refractivity contribution >= 4 is 58.4 Å². The number of nitrogens with zero attached hydrogens (tertiary/aromatic N) is 1. The van der Waals surface area contributed by atoms with Crippen LogP contribution in [0.15, 0.2) is 48.5 Å². The van der Waals surface area contributed by atoms with E-state index in [4.69, 9.17) is 23.2 Å². The maximum Gasteiger partial charge on any atom is 0.246 e. The fraction of sp³-hybridized carbons (Fsp3) is 0.150. The number of likely N-dealkylation sites (N-methyl/N-ethyl adjacent to an activating group) is 1. The molecule has 2 aromatic rings. The zero-order valence-electron chi connectivity index (χ0n) is 15.3. The van der Waals surface area contributed by atoms with Crippen molar-refractivity contribution < 1.29 is 14.4 Å². The normalized spacial score (nSPS) is 10.6. The number of benzene rings is 2. The van der Waals surface area contributed by atoms with Crippen LogP contribution in [0.3, 0.4) is 0 Å². The molecule has 0 saturated heterocycles. The van der Waals surface area contributed by atoms with Gasteiger partial charge in [0.2, 0.25) is 17.7 Å². The van der Waals surface area contributed by atoms with Gasteiger partial charge in [-0.15, -0.1) is 0 Å². The van der Waals surface area contributed by atoms with Gasteiger partial charge < -0.3 is 15.5 Å². The molecule has 0 aromatic heterocycles. The summed E-state index contributed by atoms with van der Waals surface area (Å²) in [6.45, 7) is 1.31. The molecule has 0 fully saturated rings. The van der Waals surface area contributed by atoms with Gasteiger partial charge in [-0.2, -0.15) is 0 Å². The third kappa shape index (κ3) is 6.72. The molecule has 8 heteroatoms. The Morgan fingerprint density at radius 2 is 1.61 bits per heavy atom. The lowest BCUT2D eigenvalue weighted by Gasteiger charge is -2.15. The zero-order valence-corrected chi connectivity index (χ0v) is 16.8. The van der Waals surface area contributed by atoms with Gasteiger partial charge in [0.1, 0.15) is 0 Å². The summed E-state index contributed by atoms with van der Waals surface area (Å²) in [6.07, 6.45) is 3.01. The molecule has 3 amide bonds. The van der Waals surface area contributed by atoms with Crippen LogP contribution in [-0.4, -0.2) is 36.2 Å². The van der Waals surface area contributed by atoms with Crippen LogP contribution < -0.4 is 10.6 Å². The predicted molar refractivity (Wildman–Crippen MR) is 113 cm³/mol. The van der Waals surface area contributed by atoms with Crippen LogP contribution in [0.2, 0.25) is 10.0 Å². The number of hydrogen-bond acceptors (Lipinski definition) is 3. The van der Waals surface area contributed by atoms with Crippen LogP contribution in [0.25, 0.3) is 6.08 Å². The molecule has 28 heavy (non-hydrogen) atoms. The maximum atomic E-state index is 12.2. The van der Waals surface area contributed by atoms with Gasteiger partial charge in [-0.05, 0) is 42.0 Å². The predicted octanol–water partition coefficient (Wildman–Crippen LogP) is 4.06. The summed E-state index contributed by atoms with van der Waals surface area (Å²) in [4.78, 5) is 36.6. The average Bonchev–Trinajstić information content (AvgIpc) is 2.63. The maximum absolute atomic E-state index is 12.2. The Kier molecular flexibility index (Phi) is 7.61. The zero-order chi connectivity index (χ0) is 20.7. The lowest BCUT2D eigenvalue weighted by molar-refractivity contribution is -0.129. The summed E-state index contributed by atoms with van der Waals surface area (Å²) < 4.78 is 0. The van der Waals surface area contributed by atoms with Crippen molar-refractivity contribution in [2.45, 2.75) is 6.92 Å². The lowest BCUT2D eigenvalue weighted by Crippen LogP contribution is -2.33. The van der Waals surface area contributed by atoms with Gasteiger partial charge in [0.25, 0.3) is 0 Å². The molecule has 0 bridgehead atoms. The summed E-state index contributed by atoms with van der Waals surface area (Å²) in [5.41, 5.74) is 1.96. The molecule has 0 aliphatic rings. The fourth-order valence-corrected chi connectivity index (χ4v) is 2.54. The van der Waals surface area contributed by atoms with E-state index in [0.717, 1.165) is 5.56 Å². The third-order valence-electron chi connectivity index (χ3n) is 3.61. The monoisotopic (exact) mass is 419 g/mol. The van der Waals surface area contributed by atoms with E-state index < -0.39 is 0 Å². The second-order valence-corrected chi connectivity index (χ2v) is 6.82. The molecular formula is C20H19Cl2N3O3. The molecule has 2 rings (SSSR count). The lowest BCUT2D eigenvalue weighted by atomic mass is 10.2. The molecule has 0 spiro atoms. The van der Waals surface area contributed by atoms with Crippen molar-refractivity contribution in [3.63, 3.8) is 0 Å². The average molecular weight is 420 g/mol. The van der Waals surface area contributed by atoms with Crippen molar-refractivity contribution in [3.8, 4) is 0 Å². The van der Waals surface area contributed by atoms with E-state index in [0.29, 0.717) is 21.4 Å². The summed E-state index contributed by atoms with van der Waals surface area (Å²) in [5, 5.41) is 6.04. The van der Waals surface area contributed by atoms with E-state index in [9.17, 15) is 14.4 Å². The standard InChI is InChI=1S/C20H19Cl2N3O3/c1-13(26)23-15-6-3-14(4-7-15)5-10-20(28)25(2)12-19(27)24-16-8-9-17(21)18(22)11-16/h3-11H,12H2,1-2H3,(H,23,26)(H,24,27). The van der Waals surface area contributed by atoms with Gasteiger partial charge in [-0.25, -0.2) is 0 Å². The van der Waals surface area contributed by atoms with Crippen molar-refractivity contribution in [3.05, 3.63) is 64.1 Å². The molecule has 0 atom stereocenters. The molecular weight excluding hydrogens is 401 g/mol. The Balaban J connectivity index is 1.89. The van der Waals surface area contributed by atoms with E-state index in [-0.39, 0.29) is 24.3 Å². The van der Waals surface area contributed by atoms with E-state index in [1.165, 1.54) is 31.0 Å². The molecule has 2 aromatic carbocycles. The second-order valence-electron chi connectivity index (χ2n) is 6.01. The topological polar surface area (TPSA) is 78.5 Å². The van der Waals surface area contributed by atoms with Crippen LogP contribution in [-0.2, 0) is 14.4 Å². The second kappa shape index (κ2) is 9.92. The minimum absolute atomic E-state index is 0.120. The highest BCUT2D eigenvalue weighted by Gasteiger charge is 2.11. The third-order valence-corrected chi connectivity index (χ3v) is 4.35. The number of amides is 3. The van der Waals surface area contributed by atoms with E-state index in [1.54, 1.807) is 42.5 Å². The van der Waals surface area contributed by atoms with E-state index in [2.05, 4.69) is 10.6 Å². The summed E-state index contributed by atoms with van der Waals surface area (Å²) in [5.74, 6) is -0.836. The Morgan fingerprint density at radius 1 is 0.964 bits per heavy atom. The van der Waals surface area contributed by atoms with Gasteiger partial charge in [0.05, 0.1) is 16.6 Å². The first kappa shape index (κ1) is 21.5. The molecule has 0 saturated carbocycles. The van der Waals surface area contributed by atoms with Gasteiger partial charge in [-0.1, -0.05) is 35.3 Å². The van der Waals surface area contributed by atoms with Crippen LogP contribution in [0.1, 0.15) is 12.5 Å². The number of hydrogen-bond donors (Lipinski definition) is 2. The first-order valence-corrected chi connectivity index (χ1v) is 9.06. The summed E-state index contributed by atoms with van der Waals surface area (Å²) in [7, 11) is 1.53. The quantitative estimate of drug-likeness (QED) is 0.692. The number of nitrogens with one attached hydrogen (secondary N) is 2. The molecule has 2 N–H and O–H groups in total. The number of carbonyl (C=O) groups is 3. The van der Waals surface area contributed by atoms with Crippen molar-refractivity contribution in [1.29, 1.82) is 0 Å². The van der Waals surface area contributed by atoms with Crippen molar-refractivity contribution in [1.82, 2.24) is 4.90 Å². The Morgan fingerprint density at radius 3 is 2.21 bits per heavy atom. The number of anilines is 2. The van der Waals surface area contributed by atoms with E-state index >= 15 is 0 Å². The smallest absolute Gasteiger partial charge is 0.246 e. The summed E-state index contributed by atoms with van der Waals surface area (Å²) >= 11 is 11.7. The van der Waals surface area contributed by atoms with Crippen molar-refractivity contribution in [2.24, 2.45) is 0 Å². The van der Waals surface area contributed by atoms with E-state index in [1.807, 2.05) is 0 Å². The first-order chi connectivity index (χ1) is 13.2.